The SMILES string of the molecule is CC(=O)/C=C/c1ccc(O)c2c1C[C@H]1C[C@H]3[C@H](N(C)C)C(=O)C(C(N)=O)C(=O)[C@@]3(O)C(=O)C1C2=O. The summed E-state index contributed by atoms with van der Waals surface area (Å²) in [6.45, 7) is 1.36. The number of phenols is 1. The number of Topliss-reactive ketones (excluding diaryl/α,β-unsaturated/α-hetero) is 4. The summed E-state index contributed by atoms with van der Waals surface area (Å²) in [5.41, 5.74) is 3.39. The molecule has 3 aliphatic carbocycles. The number of allylic oxidation sites excluding steroid dienone is 1. The van der Waals surface area contributed by atoms with Gasteiger partial charge in [-0.1, -0.05) is 12.1 Å². The summed E-state index contributed by atoms with van der Waals surface area (Å²) in [4.78, 5) is 78.3. The average Bonchev–Trinajstić information content (AvgIpc) is 2.75. The topological polar surface area (TPSA) is 172 Å². The van der Waals surface area contributed by atoms with E-state index >= 15 is 0 Å². The van der Waals surface area contributed by atoms with Gasteiger partial charge in [-0.25, -0.2) is 0 Å². The van der Waals surface area contributed by atoms with Crippen LogP contribution in [0, 0.1) is 23.7 Å². The van der Waals surface area contributed by atoms with E-state index in [-0.39, 0.29) is 29.9 Å². The number of phenolic OH excluding ortho intramolecular Hbond substituents is 1. The third kappa shape index (κ3) is 3.47. The lowest BCUT2D eigenvalue weighted by Gasteiger charge is -2.52. The third-order valence-corrected chi connectivity index (χ3v) is 7.48. The number of nitrogens with two attached hydrogens (primary N) is 1. The van der Waals surface area contributed by atoms with Gasteiger partial charge in [0.25, 0.3) is 0 Å². The van der Waals surface area contributed by atoms with Crippen LogP contribution in [0.5, 0.6) is 5.75 Å². The summed E-state index contributed by atoms with van der Waals surface area (Å²) >= 11 is 0. The number of hydrogen-bond donors (Lipinski definition) is 3. The maximum absolute atomic E-state index is 13.7. The molecule has 184 valence electrons. The molecule has 35 heavy (non-hydrogen) atoms. The van der Waals surface area contributed by atoms with Crippen molar-refractivity contribution in [3.63, 3.8) is 0 Å². The van der Waals surface area contributed by atoms with Gasteiger partial charge in [-0.2, -0.15) is 0 Å². The van der Waals surface area contributed by atoms with Gasteiger partial charge in [-0.15, -0.1) is 0 Å². The van der Waals surface area contributed by atoms with Crippen molar-refractivity contribution in [1.29, 1.82) is 0 Å². The Balaban J connectivity index is 1.87. The summed E-state index contributed by atoms with van der Waals surface area (Å²) in [6, 6.07) is 1.67. The van der Waals surface area contributed by atoms with E-state index in [2.05, 4.69) is 0 Å². The van der Waals surface area contributed by atoms with Crippen LogP contribution < -0.4 is 5.73 Å². The molecule has 2 unspecified atom stereocenters. The summed E-state index contributed by atoms with van der Waals surface area (Å²) in [5.74, 6) is -11.1. The van der Waals surface area contributed by atoms with Gasteiger partial charge < -0.3 is 15.9 Å². The van der Waals surface area contributed by atoms with E-state index < -0.39 is 64.4 Å². The molecule has 0 aromatic heterocycles. The second-order valence-electron chi connectivity index (χ2n) is 9.76. The second-order valence-corrected chi connectivity index (χ2v) is 9.76. The number of nitrogens with zero attached hydrogens (tertiary/aromatic N) is 1. The van der Waals surface area contributed by atoms with Gasteiger partial charge in [0, 0.05) is 5.92 Å². The number of primary amides is 1. The Kier molecular flexibility index (Phi) is 5.85. The molecule has 0 bridgehead atoms. The summed E-state index contributed by atoms with van der Waals surface area (Å²) < 4.78 is 0. The average molecular weight is 482 g/mol. The highest BCUT2D eigenvalue weighted by molar-refractivity contribution is 6.32. The third-order valence-electron chi connectivity index (χ3n) is 7.48. The molecular weight excluding hydrogens is 456 g/mol. The van der Waals surface area contributed by atoms with Gasteiger partial charge in [-0.05, 0) is 63.0 Å². The van der Waals surface area contributed by atoms with Crippen LogP contribution in [0.25, 0.3) is 6.08 Å². The molecular formula is C25H26N2O8. The van der Waals surface area contributed by atoms with E-state index in [0.717, 1.165) is 0 Å². The summed E-state index contributed by atoms with van der Waals surface area (Å²) in [7, 11) is 3.05. The molecule has 0 spiro atoms. The Morgan fingerprint density at radius 2 is 1.80 bits per heavy atom. The van der Waals surface area contributed by atoms with E-state index in [9.17, 15) is 39.0 Å². The lowest BCUT2D eigenvalue weighted by Crippen LogP contribution is -2.74. The van der Waals surface area contributed by atoms with Crippen LogP contribution in [-0.2, 0) is 30.4 Å². The van der Waals surface area contributed by atoms with Crippen LogP contribution in [0.3, 0.4) is 0 Å². The van der Waals surface area contributed by atoms with E-state index in [4.69, 9.17) is 5.73 Å². The summed E-state index contributed by atoms with van der Waals surface area (Å²) in [5, 5.41) is 22.0. The minimum atomic E-state index is -2.75. The first-order valence-electron chi connectivity index (χ1n) is 11.2. The predicted octanol–water partition coefficient (Wildman–Crippen LogP) is -0.531. The Morgan fingerprint density at radius 1 is 1.14 bits per heavy atom. The molecule has 2 saturated carbocycles. The van der Waals surface area contributed by atoms with E-state index in [0.29, 0.717) is 11.1 Å². The Bertz CT molecular complexity index is 1230. The van der Waals surface area contributed by atoms with Crippen LogP contribution in [0.15, 0.2) is 18.2 Å². The number of likely N-dealkylation sites (N-methyl/N-ethyl adjacent to an activating group) is 1. The molecule has 10 heteroatoms. The fourth-order valence-corrected chi connectivity index (χ4v) is 5.99. The maximum Gasteiger partial charge on any atom is 0.235 e. The molecule has 2 fully saturated rings. The first kappa shape index (κ1) is 24.6. The number of carbonyl (C=O) groups excluding carboxylic acids is 6. The van der Waals surface area contributed by atoms with E-state index in [1.807, 2.05) is 0 Å². The lowest BCUT2D eigenvalue weighted by atomic mass is 9.52. The molecule has 0 heterocycles. The van der Waals surface area contributed by atoms with Crippen molar-refractivity contribution in [1.82, 2.24) is 4.90 Å². The smallest absolute Gasteiger partial charge is 0.235 e. The van der Waals surface area contributed by atoms with Crippen molar-refractivity contribution in [3.8, 4) is 5.75 Å². The van der Waals surface area contributed by atoms with Crippen molar-refractivity contribution < 1.29 is 39.0 Å². The van der Waals surface area contributed by atoms with Gasteiger partial charge >= 0.3 is 0 Å². The molecule has 10 nitrogen and oxygen atoms in total. The lowest BCUT2D eigenvalue weighted by molar-refractivity contribution is -0.181. The van der Waals surface area contributed by atoms with Crippen LogP contribution in [0.4, 0.5) is 0 Å². The highest BCUT2D eigenvalue weighted by atomic mass is 16.3. The zero-order valence-corrected chi connectivity index (χ0v) is 19.5. The fraction of sp³-hybridized carbons (Fsp3) is 0.440. The Labute approximate surface area is 200 Å². The number of aliphatic hydroxyl groups is 1. The zero-order valence-electron chi connectivity index (χ0n) is 19.5. The molecule has 4 rings (SSSR count). The van der Waals surface area contributed by atoms with Crippen LogP contribution in [-0.4, -0.2) is 75.7 Å². The van der Waals surface area contributed by atoms with Crippen molar-refractivity contribution in [2.45, 2.75) is 31.4 Å². The second kappa shape index (κ2) is 8.31. The van der Waals surface area contributed by atoms with Crippen molar-refractivity contribution in [3.05, 3.63) is 34.9 Å². The number of aromatic hydroxyl groups is 1. The van der Waals surface area contributed by atoms with Gasteiger partial charge in [0.15, 0.2) is 40.4 Å². The highest BCUT2D eigenvalue weighted by Gasteiger charge is 2.69. The largest absolute Gasteiger partial charge is 0.507 e. The number of hydrogen-bond acceptors (Lipinski definition) is 9. The predicted molar refractivity (Wildman–Crippen MR) is 121 cm³/mol. The van der Waals surface area contributed by atoms with E-state index in [1.165, 1.54) is 44.1 Å². The standard InChI is InChI=1S/C25H26N2O8/c1-10(28)4-5-11-6-7-15(29)17-13(11)8-12-9-14-19(27(2)3)21(31)18(24(26)34)23(33)25(14,35)22(32)16(12)20(17)30/h4-7,12,14,16,18-19,29,35H,8-9H2,1-3H3,(H2,26,34)/b5-4+/t12-,14-,16?,18?,19-,25-/m0/s1. The molecule has 3 aliphatic rings. The zero-order chi connectivity index (χ0) is 26.0. The normalized spacial score (nSPS) is 32.4. The first-order valence-corrected chi connectivity index (χ1v) is 11.2. The minimum absolute atomic E-state index is 0.0323. The van der Waals surface area contributed by atoms with Crippen LogP contribution in [0.1, 0.15) is 34.8 Å². The Morgan fingerprint density at radius 3 is 2.37 bits per heavy atom. The Hall–Kier alpha value is -3.50. The number of fused-ring (bicyclic) bond motifs is 3. The van der Waals surface area contributed by atoms with Crippen molar-refractivity contribution >= 4 is 40.9 Å². The molecule has 6 atom stereocenters. The highest BCUT2D eigenvalue weighted by Crippen LogP contribution is 2.51. The molecule has 4 N–H and O–H groups in total. The van der Waals surface area contributed by atoms with Gasteiger partial charge in [0.05, 0.1) is 17.5 Å². The summed E-state index contributed by atoms with van der Waals surface area (Å²) in [6.07, 6.45) is 2.94. The molecule has 1 aromatic carbocycles. The number of amides is 1. The number of benzene rings is 1. The molecule has 0 aliphatic heterocycles. The number of ketones is 5. The molecule has 0 radical (unpaired) electrons. The molecule has 0 saturated heterocycles. The molecule has 1 aromatic rings. The number of rotatable bonds is 4. The quantitative estimate of drug-likeness (QED) is 0.377. The van der Waals surface area contributed by atoms with Gasteiger partial charge in [-0.3, -0.25) is 33.7 Å². The van der Waals surface area contributed by atoms with Crippen LogP contribution >= 0.6 is 0 Å². The maximum atomic E-state index is 13.7. The monoisotopic (exact) mass is 482 g/mol. The fourth-order valence-electron chi connectivity index (χ4n) is 5.99. The van der Waals surface area contributed by atoms with Gasteiger partial charge in [0.2, 0.25) is 5.91 Å². The van der Waals surface area contributed by atoms with Crippen molar-refractivity contribution in [2.75, 3.05) is 14.1 Å². The van der Waals surface area contributed by atoms with Crippen LogP contribution in [0.2, 0.25) is 0 Å². The van der Waals surface area contributed by atoms with Gasteiger partial charge in [0.1, 0.15) is 5.75 Å². The van der Waals surface area contributed by atoms with E-state index in [1.54, 1.807) is 6.07 Å². The molecule has 1 amide bonds. The first-order chi connectivity index (χ1) is 16.3. The van der Waals surface area contributed by atoms with Crippen molar-refractivity contribution in [2.24, 2.45) is 29.4 Å². The minimum Gasteiger partial charge on any atom is -0.507 e. The number of carbonyl (C=O) groups is 6.